The first-order valence-corrected chi connectivity index (χ1v) is 9.20. The molecule has 0 fully saturated rings. The van der Waals surface area contributed by atoms with Gasteiger partial charge in [0.05, 0.1) is 24.2 Å². The highest BCUT2D eigenvalue weighted by Gasteiger charge is 2.21. The monoisotopic (exact) mass is 387 g/mol. The molecule has 0 spiro atoms. The number of amides is 1. The normalized spacial score (nSPS) is 12.0. The fourth-order valence-electron chi connectivity index (χ4n) is 2.54. The van der Waals surface area contributed by atoms with E-state index in [1.165, 1.54) is 16.4 Å². The van der Waals surface area contributed by atoms with E-state index in [0.29, 0.717) is 23.3 Å². The fraction of sp³-hybridized carbons (Fsp3) is 0.278. The van der Waals surface area contributed by atoms with Gasteiger partial charge in [0.1, 0.15) is 11.5 Å². The molecule has 3 N–H and O–H groups in total. The first-order chi connectivity index (χ1) is 13.0. The minimum atomic E-state index is -0.399. The number of para-hydroxylation sites is 1. The van der Waals surface area contributed by atoms with Gasteiger partial charge < -0.3 is 20.3 Å². The number of methoxy groups -OCH3 is 1. The molecule has 3 aromatic rings. The molecule has 3 rings (SSSR count). The SMILES string of the molecule is COc1ccccc1CNC(=O)C(C)Sc1nnc(-c2ccoc2C)n1N. The molecule has 0 saturated heterocycles. The van der Waals surface area contributed by atoms with Crippen LogP contribution in [0.15, 0.2) is 46.2 Å². The summed E-state index contributed by atoms with van der Waals surface area (Å²) in [6.45, 7) is 3.99. The minimum Gasteiger partial charge on any atom is -0.496 e. The number of nitrogen functional groups attached to an aromatic ring is 1. The zero-order valence-corrected chi connectivity index (χ0v) is 16.1. The molecule has 8 nitrogen and oxygen atoms in total. The highest BCUT2D eigenvalue weighted by molar-refractivity contribution is 8.00. The topological polar surface area (TPSA) is 108 Å². The van der Waals surface area contributed by atoms with Crippen molar-refractivity contribution in [1.29, 1.82) is 0 Å². The first kappa shape index (κ1) is 18.8. The molecule has 0 aliphatic rings. The van der Waals surface area contributed by atoms with E-state index in [0.717, 1.165) is 16.9 Å². The van der Waals surface area contributed by atoms with Crippen molar-refractivity contribution in [1.82, 2.24) is 20.2 Å². The molecule has 0 aliphatic carbocycles. The van der Waals surface area contributed by atoms with E-state index >= 15 is 0 Å². The predicted molar refractivity (Wildman–Crippen MR) is 103 cm³/mol. The largest absolute Gasteiger partial charge is 0.496 e. The van der Waals surface area contributed by atoms with E-state index in [9.17, 15) is 4.79 Å². The van der Waals surface area contributed by atoms with Gasteiger partial charge in [0.2, 0.25) is 11.1 Å². The van der Waals surface area contributed by atoms with Gasteiger partial charge in [-0.15, -0.1) is 10.2 Å². The summed E-state index contributed by atoms with van der Waals surface area (Å²) in [4.78, 5) is 12.4. The van der Waals surface area contributed by atoms with E-state index in [2.05, 4.69) is 15.5 Å². The van der Waals surface area contributed by atoms with Crippen molar-refractivity contribution in [2.75, 3.05) is 13.0 Å². The molecule has 0 aliphatic heterocycles. The number of hydrogen-bond acceptors (Lipinski definition) is 7. The number of nitrogens with one attached hydrogen (secondary N) is 1. The van der Waals surface area contributed by atoms with Gasteiger partial charge in [-0.1, -0.05) is 30.0 Å². The summed E-state index contributed by atoms with van der Waals surface area (Å²) in [6.07, 6.45) is 1.57. The van der Waals surface area contributed by atoms with Crippen LogP contribution >= 0.6 is 11.8 Å². The maximum Gasteiger partial charge on any atom is 0.233 e. The molecule has 1 atom stereocenters. The lowest BCUT2D eigenvalue weighted by molar-refractivity contribution is -0.120. The lowest BCUT2D eigenvalue weighted by Gasteiger charge is -2.13. The molecular weight excluding hydrogens is 366 g/mol. The van der Waals surface area contributed by atoms with Crippen LogP contribution < -0.4 is 15.9 Å². The van der Waals surface area contributed by atoms with E-state index in [4.69, 9.17) is 15.0 Å². The molecular formula is C18H21N5O3S. The summed E-state index contributed by atoms with van der Waals surface area (Å²) >= 11 is 1.24. The van der Waals surface area contributed by atoms with Crippen molar-refractivity contribution >= 4 is 17.7 Å². The number of furan rings is 1. The number of aromatic nitrogens is 3. The van der Waals surface area contributed by atoms with Gasteiger partial charge in [-0.2, -0.15) is 0 Å². The Kier molecular flexibility index (Phi) is 5.70. The number of aryl methyl sites for hydroxylation is 1. The average molecular weight is 387 g/mol. The minimum absolute atomic E-state index is 0.130. The fourth-order valence-corrected chi connectivity index (χ4v) is 3.34. The second kappa shape index (κ2) is 8.17. The van der Waals surface area contributed by atoms with Crippen LogP contribution in [0.5, 0.6) is 5.75 Å². The molecule has 0 bridgehead atoms. The van der Waals surface area contributed by atoms with Crippen molar-refractivity contribution in [3.63, 3.8) is 0 Å². The Hall–Kier alpha value is -2.94. The third kappa shape index (κ3) is 4.08. The van der Waals surface area contributed by atoms with E-state index in [-0.39, 0.29) is 5.91 Å². The molecule has 1 unspecified atom stereocenters. The number of carbonyl (C=O) groups is 1. The Bertz CT molecular complexity index is 937. The highest BCUT2D eigenvalue weighted by atomic mass is 32.2. The Morgan fingerprint density at radius 2 is 2.15 bits per heavy atom. The Morgan fingerprint density at radius 1 is 1.37 bits per heavy atom. The smallest absolute Gasteiger partial charge is 0.233 e. The lowest BCUT2D eigenvalue weighted by Crippen LogP contribution is -2.31. The predicted octanol–water partition coefficient (Wildman–Crippen LogP) is 2.37. The molecule has 142 valence electrons. The number of hydrogen-bond donors (Lipinski definition) is 2. The molecule has 1 aromatic carbocycles. The third-order valence-corrected chi connectivity index (χ3v) is 5.12. The number of carbonyl (C=O) groups excluding carboxylic acids is 1. The van der Waals surface area contributed by atoms with Gasteiger partial charge in [0, 0.05) is 12.1 Å². The van der Waals surface area contributed by atoms with Crippen LogP contribution in [0.1, 0.15) is 18.2 Å². The average Bonchev–Trinajstić information content (AvgIpc) is 3.25. The quantitative estimate of drug-likeness (QED) is 0.473. The maximum absolute atomic E-state index is 12.4. The van der Waals surface area contributed by atoms with E-state index in [1.54, 1.807) is 26.4 Å². The van der Waals surface area contributed by atoms with Gasteiger partial charge in [-0.3, -0.25) is 4.79 Å². The van der Waals surface area contributed by atoms with Gasteiger partial charge in [0.25, 0.3) is 0 Å². The number of nitrogens with zero attached hydrogens (tertiary/aromatic N) is 3. The molecule has 2 heterocycles. The molecule has 27 heavy (non-hydrogen) atoms. The van der Waals surface area contributed by atoms with Gasteiger partial charge in [0.15, 0.2) is 5.82 Å². The number of nitrogens with two attached hydrogens (primary N) is 1. The number of thioether (sulfide) groups is 1. The summed E-state index contributed by atoms with van der Waals surface area (Å²) in [5.41, 5.74) is 1.68. The Labute approximate surface area is 161 Å². The van der Waals surface area contributed by atoms with Crippen LogP contribution in [0.4, 0.5) is 0 Å². The Morgan fingerprint density at radius 3 is 2.85 bits per heavy atom. The van der Waals surface area contributed by atoms with Crippen LogP contribution in [-0.2, 0) is 11.3 Å². The van der Waals surface area contributed by atoms with Crippen molar-refractivity contribution in [2.24, 2.45) is 0 Å². The van der Waals surface area contributed by atoms with Gasteiger partial charge >= 0.3 is 0 Å². The molecule has 9 heteroatoms. The number of ether oxygens (including phenoxy) is 1. The second-order valence-electron chi connectivity index (χ2n) is 5.86. The first-order valence-electron chi connectivity index (χ1n) is 8.32. The number of rotatable bonds is 7. The molecule has 0 saturated carbocycles. The standard InChI is InChI=1S/C18H21N5O3S/c1-11-14(8-9-26-11)16-21-22-18(23(16)19)27-12(2)17(24)20-10-13-6-4-5-7-15(13)25-3/h4-9,12H,10,19H2,1-3H3,(H,20,24). The van der Waals surface area contributed by atoms with Crippen molar-refractivity contribution in [2.45, 2.75) is 30.8 Å². The molecule has 1 amide bonds. The maximum atomic E-state index is 12.4. The Balaban J connectivity index is 1.63. The zero-order valence-electron chi connectivity index (χ0n) is 15.3. The summed E-state index contributed by atoms with van der Waals surface area (Å²) < 4.78 is 11.9. The van der Waals surface area contributed by atoms with Crippen LogP contribution in [0.3, 0.4) is 0 Å². The summed E-state index contributed by atoms with van der Waals surface area (Å²) in [5, 5.41) is 11.2. The van der Waals surface area contributed by atoms with Crippen LogP contribution in [0, 0.1) is 6.92 Å². The van der Waals surface area contributed by atoms with Crippen molar-refractivity contribution < 1.29 is 13.9 Å². The van der Waals surface area contributed by atoms with Crippen LogP contribution in [0.2, 0.25) is 0 Å². The summed E-state index contributed by atoms with van der Waals surface area (Å²) in [6, 6.07) is 9.33. The summed E-state index contributed by atoms with van der Waals surface area (Å²) in [5.74, 6) is 7.90. The van der Waals surface area contributed by atoms with Crippen molar-refractivity contribution in [3.05, 3.63) is 47.9 Å². The zero-order chi connectivity index (χ0) is 19.4. The van der Waals surface area contributed by atoms with E-state index in [1.807, 2.05) is 31.2 Å². The third-order valence-electron chi connectivity index (χ3n) is 4.06. The summed E-state index contributed by atoms with van der Waals surface area (Å²) in [7, 11) is 1.60. The van der Waals surface area contributed by atoms with Crippen LogP contribution in [-0.4, -0.2) is 33.1 Å². The highest BCUT2D eigenvalue weighted by Crippen LogP contribution is 2.27. The second-order valence-corrected chi connectivity index (χ2v) is 7.16. The van der Waals surface area contributed by atoms with Gasteiger partial charge in [-0.05, 0) is 26.0 Å². The molecule has 2 aromatic heterocycles. The van der Waals surface area contributed by atoms with Gasteiger partial charge in [-0.25, -0.2) is 4.68 Å². The number of benzene rings is 1. The van der Waals surface area contributed by atoms with Crippen molar-refractivity contribution in [3.8, 4) is 17.1 Å². The van der Waals surface area contributed by atoms with Crippen LogP contribution in [0.25, 0.3) is 11.4 Å². The lowest BCUT2D eigenvalue weighted by atomic mass is 10.2. The molecule has 0 radical (unpaired) electrons. The van der Waals surface area contributed by atoms with E-state index < -0.39 is 5.25 Å².